The van der Waals surface area contributed by atoms with Crippen molar-refractivity contribution in [3.8, 4) is 0 Å². The number of fused-ring (bicyclic) bond motifs is 1. The molecule has 0 aliphatic carbocycles. The van der Waals surface area contributed by atoms with Crippen molar-refractivity contribution in [3.63, 3.8) is 0 Å². The SMILES string of the molecule is O=C(CNc1nc2c(Cl)cc(Cl)cn2c1CO)NO. The quantitative estimate of drug-likeness (QED) is 0.500. The third-order valence-electron chi connectivity index (χ3n) is 2.43. The van der Waals surface area contributed by atoms with Crippen molar-refractivity contribution in [2.24, 2.45) is 0 Å². The van der Waals surface area contributed by atoms with Gasteiger partial charge in [-0.1, -0.05) is 23.2 Å². The molecule has 9 heteroatoms. The van der Waals surface area contributed by atoms with Crippen LogP contribution in [0.5, 0.6) is 0 Å². The molecule has 0 radical (unpaired) electrons. The highest BCUT2D eigenvalue weighted by molar-refractivity contribution is 6.36. The lowest BCUT2D eigenvalue weighted by atomic mass is 10.4. The van der Waals surface area contributed by atoms with Gasteiger partial charge >= 0.3 is 0 Å². The summed E-state index contributed by atoms with van der Waals surface area (Å²) in [4.78, 5) is 15.1. The summed E-state index contributed by atoms with van der Waals surface area (Å²) in [5.41, 5.74) is 2.29. The van der Waals surface area contributed by atoms with Crippen molar-refractivity contribution in [2.45, 2.75) is 6.61 Å². The molecular formula is C10H10Cl2N4O3. The van der Waals surface area contributed by atoms with Crippen LogP contribution in [-0.2, 0) is 11.4 Å². The maximum Gasteiger partial charge on any atom is 0.262 e. The van der Waals surface area contributed by atoms with Gasteiger partial charge in [-0.2, -0.15) is 0 Å². The normalized spacial score (nSPS) is 10.7. The van der Waals surface area contributed by atoms with Crippen molar-refractivity contribution in [2.75, 3.05) is 11.9 Å². The second kappa shape index (κ2) is 5.62. The molecule has 4 N–H and O–H groups in total. The molecule has 1 amide bonds. The van der Waals surface area contributed by atoms with E-state index in [0.717, 1.165) is 0 Å². The van der Waals surface area contributed by atoms with Crippen LogP contribution in [0.1, 0.15) is 5.69 Å². The van der Waals surface area contributed by atoms with E-state index < -0.39 is 5.91 Å². The second-order valence-corrected chi connectivity index (χ2v) is 4.50. The molecule has 2 heterocycles. The monoisotopic (exact) mass is 304 g/mol. The molecule has 0 atom stereocenters. The van der Waals surface area contributed by atoms with Crippen molar-refractivity contribution in [1.82, 2.24) is 14.9 Å². The zero-order valence-corrected chi connectivity index (χ0v) is 11.0. The number of carbonyl (C=O) groups excluding carboxylic acids is 1. The van der Waals surface area contributed by atoms with Gasteiger partial charge in [0, 0.05) is 6.20 Å². The van der Waals surface area contributed by atoms with E-state index in [-0.39, 0.29) is 19.0 Å². The fourth-order valence-electron chi connectivity index (χ4n) is 1.62. The molecule has 102 valence electrons. The number of aliphatic hydroxyl groups excluding tert-OH is 1. The van der Waals surface area contributed by atoms with Crippen molar-refractivity contribution >= 4 is 40.6 Å². The van der Waals surface area contributed by atoms with Gasteiger partial charge in [-0.15, -0.1) is 0 Å². The van der Waals surface area contributed by atoms with Crippen LogP contribution in [0.2, 0.25) is 10.0 Å². The first-order valence-electron chi connectivity index (χ1n) is 5.20. The molecule has 0 bridgehead atoms. The average Bonchev–Trinajstić information content (AvgIpc) is 2.73. The van der Waals surface area contributed by atoms with Crippen molar-refractivity contribution in [1.29, 1.82) is 0 Å². The molecular weight excluding hydrogens is 295 g/mol. The summed E-state index contributed by atoms with van der Waals surface area (Å²) in [6.07, 6.45) is 1.55. The topological polar surface area (TPSA) is 98.9 Å². The molecule has 2 aromatic rings. The number of imidazole rings is 1. The maximum atomic E-state index is 11.0. The summed E-state index contributed by atoms with van der Waals surface area (Å²) in [5, 5.41) is 21.2. The Bertz CT molecular complexity index is 629. The Hall–Kier alpha value is -1.54. The molecule has 0 fully saturated rings. The number of amides is 1. The lowest BCUT2D eigenvalue weighted by molar-refractivity contribution is -0.127. The number of aromatic nitrogens is 2. The Labute approximate surface area is 117 Å². The number of halogens is 2. The van der Waals surface area contributed by atoms with Crippen LogP contribution >= 0.6 is 23.2 Å². The Kier molecular flexibility index (Phi) is 4.11. The molecule has 0 saturated carbocycles. The second-order valence-electron chi connectivity index (χ2n) is 3.65. The van der Waals surface area contributed by atoms with Gasteiger partial charge in [-0.25, -0.2) is 10.5 Å². The third kappa shape index (κ3) is 2.74. The van der Waals surface area contributed by atoms with E-state index in [1.165, 1.54) is 15.9 Å². The summed E-state index contributed by atoms with van der Waals surface area (Å²) in [6, 6.07) is 1.52. The summed E-state index contributed by atoms with van der Waals surface area (Å²) in [7, 11) is 0. The van der Waals surface area contributed by atoms with Crippen LogP contribution in [-0.4, -0.2) is 32.2 Å². The van der Waals surface area contributed by atoms with E-state index in [9.17, 15) is 9.90 Å². The molecule has 2 aromatic heterocycles. The van der Waals surface area contributed by atoms with Gasteiger partial charge in [0.2, 0.25) is 0 Å². The number of aliphatic hydroxyl groups is 1. The Balaban J connectivity index is 2.44. The molecule has 19 heavy (non-hydrogen) atoms. The number of hydroxylamine groups is 1. The Morgan fingerprint density at radius 3 is 2.84 bits per heavy atom. The fourth-order valence-corrected chi connectivity index (χ4v) is 2.13. The first-order chi connectivity index (χ1) is 9.06. The highest BCUT2D eigenvalue weighted by atomic mass is 35.5. The van der Waals surface area contributed by atoms with Gasteiger partial charge in [0.1, 0.15) is 0 Å². The predicted octanol–water partition coefficient (Wildman–Crippen LogP) is 1.05. The number of pyridine rings is 1. The molecule has 2 rings (SSSR count). The molecule has 0 aromatic carbocycles. The van der Waals surface area contributed by atoms with Crippen LogP contribution in [0.3, 0.4) is 0 Å². The van der Waals surface area contributed by atoms with E-state index in [4.69, 9.17) is 28.4 Å². The van der Waals surface area contributed by atoms with E-state index >= 15 is 0 Å². The van der Waals surface area contributed by atoms with Crippen LogP contribution in [0, 0.1) is 0 Å². The van der Waals surface area contributed by atoms with Crippen LogP contribution in [0.15, 0.2) is 12.3 Å². The van der Waals surface area contributed by atoms with Crippen LogP contribution < -0.4 is 10.8 Å². The van der Waals surface area contributed by atoms with E-state index in [0.29, 0.717) is 21.4 Å². The molecule has 7 nitrogen and oxygen atoms in total. The van der Waals surface area contributed by atoms with Gasteiger partial charge in [0.15, 0.2) is 11.5 Å². The minimum absolute atomic E-state index is 0.196. The number of nitrogens with zero attached hydrogens (tertiary/aromatic N) is 2. The lowest BCUT2D eigenvalue weighted by Gasteiger charge is -2.04. The van der Waals surface area contributed by atoms with Gasteiger partial charge in [-0.05, 0) is 6.07 Å². The zero-order chi connectivity index (χ0) is 14.0. The molecule has 0 saturated heterocycles. The third-order valence-corrected chi connectivity index (χ3v) is 2.92. The highest BCUT2D eigenvalue weighted by Gasteiger charge is 2.15. The number of anilines is 1. The number of hydrogen-bond donors (Lipinski definition) is 4. The lowest BCUT2D eigenvalue weighted by Crippen LogP contribution is -2.27. The summed E-state index contributed by atoms with van der Waals surface area (Å²) < 4.78 is 1.53. The summed E-state index contributed by atoms with van der Waals surface area (Å²) >= 11 is 11.9. The van der Waals surface area contributed by atoms with E-state index in [1.807, 2.05) is 0 Å². The minimum Gasteiger partial charge on any atom is -0.390 e. The van der Waals surface area contributed by atoms with E-state index in [1.54, 1.807) is 6.20 Å². The van der Waals surface area contributed by atoms with Gasteiger partial charge in [-0.3, -0.25) is 14.4 Å². The Morgan fingerprint density at radius 1 is 1.47 bits per heavy atom. The number of rotatable bonds is 4. The summed E-state index contributed by atoms with van der Waals surface area (Å²) in [6.45, 7) is -0.514. The maximum absolute atomic E-state index is 11.0. The van der Waals surface area contributed by atoms with Gasteiger partial charge in [0.05, 0.1) is 28.9 Å². The predicted molar refractivity (Wildman–Crippen MR) is 69.6 cm³/mol. The molecule has 0 aliphatic rings. The van der Waals surface area contributed by atoms with Crippen LogP contribution in [0.25, 0.3) is 5.65 Å². The molecule has 0 unspecified atom stereocenters. The first-order valence-corrected chi connectivity index (χ1v) is 5.96. The minimum atomic E-state index is -0.634. The smallest absolute Gasteiger partial charge is 0.262 e. The van der Waals surface area contributed by atoms with Gasteiger partial charge < -0.3 is 10.4 Å². The number of nitrogens with one attached hydrogen (secondary N) is 2. The molecule has 0 aliphatic heterocycles. The van der Waals surface area contributed by atoms with Gasteiger partial charge in [0.25, 0.3) is 5.91 Å². The van der Waals surface area contributed by atoms with E-state index in [2.05, 4.69) is 10.3 Å². The number of hydrogen-bond acceptors (Lipinski definition) is 5. The van der Waals surface area contributed by atoms with Crippen molar-refractivity contribution < 1.29 is 15.1 Å². The number of carbonyl (C=O) groups is 1. The Morgan fingerprint density at radius 2 is 2.21 bits per heavy atom. The standard InChI is InChI=1S/C10H10Cl2N4O3/c11-5-1-6(12)10-14-9(13-2-8(18)15-19)7(4-17)16(10)3-5/h1,3,13,17,19H,2,4H2,(H,15,18). The highest BCUT2D eigenvalue weighted by Crippen LogP contribution is 2.26. The zero-order valence-electron chi connectivity index (χ0n) is 9.52. The first kappa shape index (κ1) is 13.9. The van der Waals surface area contributed by atoms with Crippen LogP contribution in [0.4, 0.5) is 5.82 Å². The van der Waals surface area contributed by atoms with Crippen molar-refractivity contribution in [3.05, 3.63) is 28.0 Å². The summed E-state index contributed by atoms with van der Waals surface area (Å²) in [5.74, 6) is -0.347. The average molecular weight is 305 g/mol. The fraction of sp³-hybridized carbons (Fsp3) is 0.200. The largest absolute Gasteiger partial charge is 0.390 e. The molecule has 0 spiro atoms.